The first-order valence-corrected chi connectivity index (χ1v) is 12.4. The number of nitrogens with two attached hydrogens (primary N) is 1. The van der Waals surface area contributed by atoms with E-state index in [-0.39, 0.29) is 5.22 Å². The van der Waals surface area contributed by atoms with E-state index in [2.05, 4.69) is 51.1 Å². The molecule has 1 heterocycles. The van der Waals surface area contributed by atoms with Crippen LogP contribution in [-0.4, -0.2) is 40.2 Å². The van der Waals surface area contributed by atoms with Gasteiger partial charge in [-0.05, 0) is 70.5 Å². The summed E-state index contributed by atoms with van der Waals surface area (Å²) < 4.78 is 19.6. The van der Waals surface area contributed by atoms with Crippen molar-refractivity contribution in [2.45, 2.75) is 64.1 Å². The van der Waals surface area contributed by atoms with Crippen molar-refractivity contribution in [1.29, 1.82) is 0 Å². The Labute approximate surface area is 160 Å². The van der Waals surface area contributed by atoms with Crippen LogP contribution in [0.15, 0.2) is 30.3 Å². The lowest BCUT2D eigenvalue weighted by atomic mass is 9.86. The molecule has 2 N–H and O–H groups in total. The van der Waals surface area contributed by atoms with Crippen LogP contribution in [0.1, 0.15) is 52.0 Å². The molecule has 0 aromatic heterocycles. The fourth-order valence-electron chi connectivity index (χ4n) is 4.72. The third-order valence-electron chi connectivity index (χ3n) is 5.60. The number of benzene rings is 1. The minimum absolute atomic E-state index is 0.318. The van der Waals surface area contributed by atoms with Gasteiger partial charge in [0.25, 0.3) is 0 Å². The zero-order valence-corrected chi connectivity index (χ0v) is 17.8. The van der Waals surface area contributed by atoms with Crippen LogP contribution < -0.4 is 5.73 Å². The lowest BCUT2D eigenvalue weighted by molar-refractivity contribution is -0.0802. The molecule has 1 aliphatic rings. The van der Waals surface area contributed by atoms with Gasteiger partial charge in [-0.3, -0.25) is 0 Å². The van der Waals surface area contributed by atoms with Gasteiger partial charge in [0.1, 0.15) is 5.22 Å². The van der Waals surface area contributed by atoms with Gasteiger partial charge in [-0.25, -0.2) is 0 Å². The van der Waals surface area contributed by atoms with Crippen molar-refractivity contribution >= 4 is 8.56 Å². The van der Waals surface area contributed by atoms with E-state index in [1.165, 1.54) is 5.56 Å². The van der Waals surface area contributed by atoms with E-state index in [9.17, 15) is 0 Å². The van der Waals surface area contributed by atoms with Gasteiger partial charge >= 0.3 is 8.56 Å². The van der Waals surface area contributed by atoms with Crippen LogP contribution in [0.25, 0.3) is 0 Å². The number of hydrogen-bond acceptors (Lipinski definition) is 4. The summed E-state index contributed by atoms with van der Waals surface area (Å²) in [5.74, 6) is 0.412. The van der Waals surface area contributed by atoms with Gasteiger partial charge < -0.3 is 19.3 Å². The topological polar surface area (TPSA) is 53.7 Å². The Bertz CT molecular complexity index is 502. The number of rotatable bonds is 11. The van der Waals surface area contributed by atoms with E-state index in [0.717, 1.165) is 38.1 Å². The van der Waals surface area contributed by atoms with Crippen molar-refractivity contribution in [3.05, 3.63) is 35.9 Å². The third-order valence-corrected chi connectivity index (χ3v) is 10.2. The van der Waals surface area contributed by atoms with Crippen LogP contribution in [0.2, 0.25) is 6.04 Å². The van der Waals surface area contributed by atoms with E-state index in [1.54, 1.807) is 0 Å². The molecule has 0 bridgehead atoms. The highest BCUT2D eigenvalue weighted by Gasteiger charge is 2.63. The molecule has 2 unspecified atom stereocenters. The molecule has 1 fully saturated rings. The molecule has 1 aliphatic heterocycles. The van der Waals surface area contributed by atoms with E-state index >= 15 is 0 Å². The maximum absolute atomic E-state index is 6.63. The predicted octanol–water partition coefficient (Wildman–Crippen LogP) is 4.21. The molecule has 1 saturated heterocycles. The zero-order chi connectivity index (χ0) is 18.9. The van der Waals surface area contributed by atoms with Crippen LogP contribution in [0.3, 0.4) is 0 Å². The largest absolute Gasteiger partial charge is 0.393 e. The quantitative estimate of drug-likeness (QED) is 0.585. The molecule has 0 radical (unpaired) electrons. The summed E-state index contributed by atoms with van der Waals surface area (Å²) in [4.78, 5) is 0. The highest BCUT2D eigenvalue weighted by atomic mass is 28.4. The summed E-state index contributed by atoms with van der Waals surface area (Å²) in [6.45, 7) is 8.97. The van der Waals surface area contributed by atoms with Gasteiger partial charge in [0.2, 0.25) is 0 Å². The smallest absolute Gasteiger partial charge is 0.371 e. The highest BCUT2D eigenvalue weighted by molar-refractivity contribution is 6.71. The Morgan fingerprint density at radius 2 is 1.77 bits per heavy atom. The molecular formula is C21H37NO3Si. The Kier molecular flexibility index (Phi) is 8.77. The lowest BCUT2D eigenvalue weighted by Gasteiger charge is -2.54. The Hall–Kier alpha value is -0.723. The van der Waals surface area contributed by atoms with Gasteiger partial charge in [-0.2, -0.15) is 0 Å². The SMILES string of the molecule is CCOC1(CCCN)C(Cc2ccccc2)CCC[Si]1(OCC)OCC. The Balaban J connectivity index is 2.44. The second-order valence-electron chi connectivity index (χ2n) is 7.11. The van der Waals surface area contributed by atoms with Gasteiger partial charge in [0.05, 0.1) is 0 Å². The molecule has 4 nitrogen and oxygen atoms in total. The van der Waals surface area contributed by atoms with Crippen LogP contribution in [0, 0.1) is 5.92 Å². The van der Waals surface area contributed by atoms with Crippen molar-refractivity contribution in [3.63, 3.8) is 0 Å². The van der Waals surface area contributed by atoms with Crippen molar-refractivity contribution in [2.75, 3.05) is 26.4 Å². The summed E-state index contributed by atoms with van der Waals surface area (Å²) in [7, 11) is -2.52. The van der Waals surface area contributed by atoms with Crippen LogP contribution in [-0.2, 0) is 20.0 Å². The average Bonchev–Trinajstić information content (AvgIpc) is 2.65. The Morgan fingerprint density at radius 1 is 1.08 bits per heavy atom. The molecule has 1 aromatic rings. The monoisotopic (exact) mass is 379 g/mol. The maximum atomic E-state index is 6.63. The standard InChI is InChI=1S/C21H37NO3Si/c1-4-23-21(15-11-16-22)20(18-19-12-8-7-9-13-19)14-10-17-26(21,24-5-2)25-6-3/h7-9,12-13,20H,4-6,10-11,14-18,22H2,1-3H3. The molecule has 0 aliphatic carbocycles. The van der Waals surface area contributed by atoms with Gasteiger partial charge in [0.15, 0.2) is 0 Å². The first-order valence-electron chi connectivity index (χ1n) is 10.3. The molecule has 5 heteroatoms. The van der Waals surface area contributed by atoms with Crippen molar-refractivity contribution in [1.82, 2.24) is 0 Å². The van der Waals surface area contributed by atoms with Crippen molar-refractivity contribution in [2.24, 2.45) is 11.7 Å². The average molecular weight is 380 g/mol. The fourth-order valence-corrected chi connectivity index (χ4v) is 9.39. The number of hydrogen-bond donors (Lipinski definition) is 1. The minimum Gasteiger partial charge on any atom is -0.393 e. The predicted molar refractivity (Wildman–Crippen MR) is 109 cm³/mol. The lowest BCUT2D eigenvalue weighted by Crippen LogP contribution is -2.70. The van der Waals surface area contributed by atoms with Crippen LogP contribution in [0.5, 0.6) is 0 Å². The Morgan fingerprint density at radius 3 is 2.35 bits per heavy atom. The van der Waals surface area contributed by atoms with Gasteiger partial charge in [0, 0.05) is 19.8 Å². The summed E-state index contributed by atoms with van der Waals surface area (Å²) in [6.07, 6.45) is 5.21. The third kappa shape index (κ3) is 4.57. The second-order valence-corrected chi connectivity index (χ2v) is 10.5. The summed E-state index contributed by atoms with van der Waals surface area (Å²) in [5, 5.41) is -0.318. The van der Waals surface area contributed by atoms with Crippen LogP contribution >= 0.6 is 0 Å². The molecule has 0 spiro atoms. The van der Waals surface area contributed by atoms with Crippen molar-refractivity contribution < 1.29 is 13.6 Å². The molecule has 26 heavy (non-hydrogen) atoms. The summed E-state index contributed by atoms with van der Waals surface area (Å²) in [6, 6.07) is 11.8. The zero-order valence-electron chi connectivity index (χ0n) is 16.8. The normalized spacial score (nSPS) is 25.3. The molecule has 1 aromatic carbocycles. The molecule has 2 atom stereocenters. The fraction of sp³-hybridized carbons (Fsp3) is 0.714. The molecule has 0 amide bonds. The molecule has 2 rings (SSSR count). The van der Waals surface area contributed by atoms with Crippen LogP contribution in [0.4, 0.5) is 0 Å². The summed E-state index contributed by atoms with van der Waals surface area (Å²) in [5.41, 5.74) is 7.28. The highest BCUT2D eigenvalue weighted by Crippen LogP contribution is 2.48. The van der Waals surface area contributed by atoms with E-state index < -0.39 is 8.56 Å². The first kappa shape index (κ1) is 21.6. The van der Waals surface area contributed by atoms with E-state index in [0.29, 0.717) is 32.3 Å². The maximum Gasteiger partial charge on any atom is 0.371 e. The first-order chi connectivity index (χ1) is 12.7. The van der Waals surface area contributed by atoms with E-state index in [1.807, 2.05) is 0 Å². The van der Waals surface area contributed by atoms with Gasteiger partial charge in [-0.15, -0.1) is 0 Å². The second kappa shape index (κ2) is 10.6. The van der Waals surface area contributed by atoms with Crippen molar-refractivity contribution in [3.8, 4) is 0 Å². The molecule has 0 saturated carbocycles. The molecule has 148 valence electrons. The minimum atomic E-state index is -2.52. The molecular weight excluding hydrogens is 342 g/mol. The summed E-state index contributed by atoms with van der Waals surface area (Å²) >= 11 is 0. The van der Waals surface area contributed by atoms with E-state index in [4.69, 9.17) is 19.3 Å². The number of ether oxygens (including phenoxy) is 1. The van der Waals surface area contributed by atoms with Gasteiger partial charge in [-0.1, -0.05) is 36.8 Å².